The molecule has 0 aliphatic rings. The van der Waals surface area contributed by atoms with Crippen LogP contribution in [0.2, 0.25) is 0 Å². The second-order valence-corrected chi connectivity index (χ2v) is 4.90. The number of carboxylic acid groups (broad SMARTS) is 1. The number of carboxylic acids is 1. The van der Waals surface area contributed by atoms with Crippen LogP contribution in [0.25, 0.3) is 0 Å². The standard InChI is InChI=1S/C16H15NO4/c1-11-7-8-15(17(20)21)13(9-11)14(16(18)19)10-12-5-3-2-4-6-12/h2-9,14H,10H2,1H3,(H,18,19). The number of rotatable bonds is 5. The number of nitro groups is 1. The van der Waals surface area contributed by atoms with Crippen LogP contribution < -0.4 is 0 Å². The molecule has 1 N–H and O–H groups in total. The highest BCUT2D eigenvalue weighted by Crippen LogP contribution is 2.30. The third-order valence-corrected chi connectivity index (χ3v) is 3.34. The van der Waals surface area contributed by atoms with Crippen molar-refractivity contribution in [2.75, 3.05) is 0 Å². The van der Waals surface area contributed by atoms with Gasteiger partial charge < -0.3 is 5.11 Å². The van der Waals surface area contributed by atoms with Crippen LogP contribution in [-0.2, 0) is 11.2 Å². The van der Waals surface area contributed by atoms with Gasteiger partial charge in [0.25, 0.3) is 5.69 Å². The fourth-order valence-electron chi connectivity index (χ4n) is 2.30. The Labute approximate surface area is 122 Å². The molecule has 1 unspecified atom stereocenters. The number of aliphatic carboxylic acids is 1. The van der Waals surface area contributed by atoms with Gasteiger partial charge in [0.2, 0.25) is 0 Å². The fraction of sp³-hybridized carbons (Fsp3) is 0.188. The Morgan fingerprint density at radius 1 is 1.24 bits per heavy atom. The number of hydrogen-bond acceptors (Lipinski definition) is 3. The zero-order chi connectivity index (χ0) is 15.4. The van der Waals surface area contributed by atoms with Crippen molar-refractivity contribution in [2.45, 2.75) is 19.3 Å². The summed E-state index contributed by atoms with van der Waals surface area (Å²) in [7, 11) is 0. The maximum absolute atomic E-state index is 11.6. The van der Waals surface area contributed by atoms with E-state index in [1.165, 1.54) is 6.07 Å². The minimum absolute atomic E-state index is 0.149. The molecule has 0 fully saturated rings. The van der Waals surface area contributed by atoms with Gasteiger partial charge in [0, 0.05) is 11.6 Å². The van der Waals surface area contributed by atoms with Crippen LogP contribution >= 0.6 is 0 Å². The molecule has 0 saturated carbocycles. The number of aryl methyl sites for hydroxylation is 1. The van der Waals surface area contributed by atoms with Crippen LogP contribution in [0, 0.1) is 17.0 Å². The molecule has 1 atom stereocenters. The molecule has 2 aromatic rings. The minimum Gasteiger partial charge on any atom is -0.481 e. The molecule has 5 heteroatoms. The summed E-state index contributed by atoms with van der Waals surface area (Å²) in [6.07, 6.45) is 0.223. The summed E-state index contributed by atoms with van der Waals surface area (Å²) in [5, 5.41) is 20.6. The molecular weight excluding hydrogens is 270 g/mol. The lowest BCUT2D eigenvalue weighted by Gasteiger charge is -2.14. The van der Waals surface area contributed by atoms with Gasteiger partial charge in [-0.25, -0.2) is 0 Å². The first-order valence-corrected chi connectivity index (χ1v) is 6.50. The number of nitrogens with zero attached hydrogens (tertiary/aromatic N) is 1. The van der Waals surface area contributed by atoms with E-state index >= 15 is 0 Å². The summed E-state index contributed by atoms with van der Waals surface area (Å²) in [5.41, 5.74) is 1.73. The fourth-order valence-corrected chi connectivity index (χ4v) is 2.30. The third kappa shape index (κ3) is 3.45. The SMILES string of the molecule is Cc1ccc([N+](=O)[O-])c(C(Cc2ccccc2)C(=O)O)c1. The van der Waals surface area contributed by atoms with Gasteiger partial charge in [-0.3, -0.25) is 14.9 Å². The molecule has 2 rings (SSSR count). The van der Waals surface area contributed by atoms with Gasteiger partial charge in [-0.1, -0.05) is 42.0 Å². The first-order valence-electron chi connectivity index (χ1n) is 6.50. The highest BCUT2D eigenvalue weighted by Gasteiger charge is 2.28. The van der Waals surface area contributed by atoms with Gasteiger partial charge in [-0.05, 0) is 25.0 Å². The highest BCUT2D eigenvalue weighted by molar-refractivity contribution is 5.78. The van der Waals surface area contributed by atoms with E-state index in [0.717, 1.165) is 11.1 Å². The monoisotopic (exact) mass is 285 g/mol. The van der Waals surface area contributed by atoms with E-state index in [-0.39, 0.29) is 17.7 Å². The van der Waals surface area contributed by atoms with Gasteiger partial charge >= 0.3 is 5.97 Å². The largest absolute Gasteiger partial charge is 0.481 e. The van der Waals surface area contributed by atoms with Crippen molar-refractivity contribution < 1.29 is 14.8 Å². The molecule has 0 amide bonds. The molecule has 0 spiro atoms. The predicted molar refractivity (Wildman–Crippen MR) is 78.4 cm³/mol. The van der Waals surface area contributed by atoms with Gasteiger partial charge in [0.15, 0.2) is 0 Å². The maximum Gasteiger partial charge on any atom is 0.311 e. The Kier molecular flexibility index (Phi) is 4.33. The Morgan fingerprint density at radius 2 is 1.90 bits per heavy atom. The van der Waals surface area contributed by atoms with E-state index in [1.54, 1.807) is 19.1 Å². The molecule has 5 nitrogen and oxygen atoms in total. The van der Waals surface area contributed by atoms with Crippen molar-refractivity contribution in [3.63, 3.8) is 0 Å². The lowest BCUT2D eigenvalue weighted by molar-refractivity contribution is -0.385. The lowest BCUT2D eigenvalue weighted by atomic mass is 9.90. The molecule has 108 valence electrons. The molecule has 0 heterocycles. The van der Waals surface area contributed by atoms with Crippen molar-refractivity contribution >= 4 is 11.7 Å². The number of hydrogen-bond donors (Lipinski definition) is 1. The van der Waals surface area contributed by atoms with Crippen molar-refractivity contribution in [3.8, 4) is 0 Å². The van der Waals surface area contributed by atoms with Crippen molar-refractivity contribution in [2.24, 2.45) is 0 Å². The van der Waals surface area contributed by atoms with E-state index in [2.05, 4.69) is 0 Å². The normalized spacial score (nSPS) is 11.9. The Bertz CT molecular complexity index is 667. The number of carbonyl (C=O) groups is 1. The molecular formula is C16H15NO4. The van der Waals surface area contributed by atoms with Crippen LogP contribution in [0.3, 0.4) is 0 Å². The zero-order valence-corrected chi connectivity index (χ0v) is 11.5. The van der Waals surface area contributed by atoms with E-state index in [4.69, 9.17) is 0 Å². The van der Waals surface area contributed by atoms with Crippen molar-refractivity contribution in [1.82, 2.24) is 0 Å². The van der Waals surface area contributed by atoms with Gasteiger partial charge in [-0.15, -0.1) is 0 Å². The van der Waals surface area contributed by atoms with Crippen LogP contribution in [0.1, 0.15) is 22.6 Å². The van der Waals surface area contributed by atoms with E-state index in [1.807, 2.05) is 30.3 Å². The van der Waals surface area contributed by atoms with Crippen LogP contribution in [0.5, 0.6) is 0 Å². The van der Waals surface area contributed by atoms with Crippen LogP contribution in [0.4, 0.5) is 5.69 Å². The summed E-state index contributed by atoms with van der Waals surface area (Å²) in [4.78, 5) is 22.2. The first-order chi connectivity index (χ1) is 9.99. The maximum atomic E-state index is 11.6. The molecule has 0 aliphatic heterocycles. The lowest BCUT2D eigenvalue weighted by Crippen LogP contribution is -2.16. The third-order valence-electron chi connectivity index (χ3n) is 3.34. The Morgan fingerprint density at radius 3 is 2.48 bits per heavy atom. The van der Waals surface area contributed by atoms with Gasteiger partial charge in [0.05, 0.1) is 10.8 Å². The highest BCUT2D eigenvalue weighted by atomic mass is 16.6. The van der Waals surface area contributed by atoms with E-state index in [0.29, 0.717) is 0 Å². The summed E-state index contributed by atoms with van der Waals surface area (Å²) >= 11 is 0. The van der Waals surface area contributed by atoms with Crippen LogP contribution in [-0.4, -0.2) is 16.0 Å². The van der Waals surface area contributed by atoms with Gasteiger partial charge in [0.1, 0.15) is 0 Å². The number of nitro benzene ring substituents is 1. The minimum atomic E-state index is -1.06. The first kappa shape index (κ1) is 14.7. The van der Waals surface area contributed by atoms with Gasteiger partial charge in [-0.2, -0.15) is 0 Å². The molecule has 21 heavy (non-hydrogen) atoms. The molecule has 0 aromatic heterocycles. The molecule has 0 saturated heterocycles. The summed E-state index contributed by atoms with van der Waals surface area (Å²) < 4.78 is 0. The van der Waals surface area contributed by atoms with Crippen molar-refractivity contribution in [3.05, 3.63) is 75.3 Å². The molecule has 0 aliphatic carbocycles. The van der Waals surface area contributed by atoms with E-state index in [9.17, 15) is 20.0 Å². The summed E-state index contributed by atoms with van der Waals surface area (Å²) in [6.45, 7) is 1.79. The predicted octanol–water partition coefficient (Wildman–Crippen LogP) is 3.31. The molecule has 0 radical (unpaired) electrons. The average molecular weight is 285 g/mol. The quantitative estimate of drug-likeness (QED) is 0.675. The van der Waals surface area contributed by atoms with Crippen LogP contribution in [0.15, 0.2) is 48.5 Å². The molecule has 2 aromatic carbocycles. The average Bonchev–Trinajstić information content (AvgIpc) is 2.45. The summed E-state index contributed by atoms with van der Waals surface area (Å²) in [5.74, 6) is -2.00. The second-order valence-electron chi connectivity index (χ2n) is 4.90. The van der Waals surface area contributed by atoms with Crippen molar-refractivity contribution in [1.29, 1.82) is 0 Å². The zero-order valence-electron chi connectivity index (χ0n) is 11.5. The smallest absolute Gasteiger partial charge is 0.311 e. The Hall–Kier alpha value is -2.69. The topological polar surface area (TPSA) is 80.4 Å². The molecule has 0 bridgehead atoms. The Balaban J connectivity index is 2.46. The van der Waals surface area contributed by atoms with E-state index < -0.39 is 16.8 Å². The second kappa shape index (κ2) is 6.17. The number of benzene rings is 2. The summed E-state index contributed by atoms with van der Waals surface area (Å²) in [6, 6.07) is 13.7.